The first-order chi connectivity index (χ1) is 10.4. The van der Waals surface area contributed by atoms with Crippen molar-refractivity contribution >= 4 is 15.5 Å². The van der Waals surface area contributed by atoms with Crippen LogP contribution in [0, 0.1) is 0 Å². The summed E-state index contributed by atoms with van der Waals surface area (Å²) in [5.41, 5.74) is 6.93. The molecule has 0 atom stereocenters. The average molecular weight is 327 g/mol. The van der Waals surface area contributed by atoms with Crippen LogP contribution in [0.2, 0.25) is 0 Å². The van der Waals surface area contributed by atoms with Crippen LogP contribution in [0.1, 0.15) is 57.4 Å². The molecule has 5 heteroatoms. The third kappa shape index (κ3) is 8.27. The van der Waals surface area contributed by atoms with E-state index in [0.717, 1.165) is 12.8 Å². The topological polar surface area (TPSA) is 69.4 Å². The fraction of sp³-hybridized carbons (Fsp3) is 0.647. The number of anilines is 1. The fourth-order valence-corrected chi connectivity index (χ4v) is 3.17. The van der Waals surface area contributed by atoms with Crippen molar-refractivity contribution in [3.63, 3.8) is 0 Å². The van der Waals surface area contributed by atoms with Crippen LogP contribution in [-0.4, -0.2) is 21.3 Å². The minimum absolute atomic E-state index is 0.0373. The van der Waals surface area contributed by atoms with E-state index >= 15 is 0 Å². The second-order valence-electron chi connectivity index (χ2n) is 5.91. The molecule has 0 heterocycles. The Morgan fingerprint density at radius 3 is 2.32 bits per heavy atom. The monoisotopic (exact) mass is 327 g/mol. The summed E-state index contributed by atoms with van der Waals surface area (Å²) in [6.45, 7) is 2.84. The van der Waals surface area contributed by atoms with Crippen LogP contribution in [0.3, 0.4) is 0 Å². The third-order valence-electron chi connectivity index (χ3n) is 3.51. The normalized spacial score (nSPS) is 11.5. The largest absolute Gasteiger partial charge is 0.493 e. The zero-order valence-corrected chi connectivity index (χ0v) is 14.6. The standard InChI is InChI=1S/C17H29NO3S/c1-3-4-5-6-7-8-9-12-21-17-11-10-16(18)13-15(17)14-22(2,19)20/h10-11,13H,3-9,12,14,18H2,1-2H3. The first kappa shape index (κ1) is 18.8. The van der Waals surface area contributed by atoms with Gasteiger partial charge in [0.2, 0.25) is 0 Å². The molecule has 0 bridgehead atoms. The molecule has 1 rings (SSSR count). The maximum atomic E-state index is 11.5. The molecule has 0 unspecified atom stereocenters. The summed E-state index contributed by atoms with van der Waals surface area (Å²) in [6.07, 6.45) is 9.79. The second kappa shape index (κ2) is 9.72. The second-order valence-corrected chi connectivity index (χ2v) is 8.05. The molecule has 126 valence electrons. The molecular formula is C17H29NO3S. The van der Waals surface area contributed by atoms with Gasteiger partial charge in [-0.3, -0.25) is 0 Å². The van der Waals surface area contributed by atoms with Crippen LogP contribution in [0.25, 0.3) is 0 Å². The number of hydrogen-bond donors (Lipinski definition) is 1. The van der Waals surface area contributed by atoms with Gasteiger partial charge in [-0.15, -0.1) is 0 Å². The van der Waals surface area contributed by atoms with E-state index in [-0.39, 0.29) is 5.75 Å². The molecule has 1 aromatic rings. The Labute approximate surface area is 135 Å². The van der Waals surface area contributed by atoms with Crippen LogP contribution >= 0.6 is 0 Å². The Balaban J connectivity index is 2.39. The maximum absolute atomic E-state index is 11.5. The van der Waals surface area contributed by atoms with Gasteiger partial charge in [-0.25, -0.2) is 8.42 Å². The Hall–Kier alpha value is -1.23. The van der Waals surface area contributed by atoms with Crippen molar-refractivity contribution in [2.75, 3.05) is 18.6 Å². The van der Waals surface area contributed by atoms with Crippen molar-refractivity contribution in [1.82, 2.24) is 0 Å². The number of benzene rings is 1. The van der Waals surface area contributed by atoms with Gasteiger partial charge in [0.25, 0.3) is 0 Å². The highest BCUT2D eigenvalue weighted by atomic mass is 32.2. The van der Waals surface area contributed by atoms with Gasteiger partial charge >= 0.3 is 0 Å². The minimum atomic E-state index is -3.10. The molecule has 1 aromatic carbocycles. The lowest BCUT2D eigenvalue weighted by Crippen LogP contribution is -2.06. The number of rotatable bonds is 11. The molecule has 0 aliphatic heterocycles. The maximum Gasteiger partial charge on any atom is 0.151 e. The van der Waals surface area contributed by atoms with Gasteiger partial charge in [-0.2, -0.15) is 0 Å². The summed E-state index contributed by atoms with van der Waals surface area (Å²) < 4.78 is 28.7. The number of nitrogen functional groups attached to an aromatic ring is 1. The summed E-state index contributed by atoms with van der Waals surface area (Å²) in [5.74, 6) is 0.593. The van der Waals surface area contributed by atoms with E-state index in [9.17, 15) is 8.42 Å². The number of sulfone groups is 1. The van der Waals surface area contributed by atoms with Gasteiger partial charge in [-0.1, -0.05) is 45.4 Å². The molecule has 0 radical (unpaired) electrons. The summed E-state index contributed by atoms with van der Waals surface area (Å²) in [7, 11) is -3.10. The first-order valence-electron chi connectivity index (χ1n) is 8.11. The van der Waals surface area contributed by atoms with Crippen molar-refractivity contribution < 1.29 is 13.2 Å². The molecule has 0 saturated heterocycles. The minimum Gasteiger partial charge on any atom is -0.493 e. The molecule has 0 saturated carbocycles. The Bertz CT molecular complexity index is 541. The molecule has 22 heavy (non-hydrogen) atoms. The number of nitrogens with two attached hydrogens (primary N) is 1. The van der Waals surface area contributed by atoms with Crippen molar-refractivity contribution in [3.05, 3.63) is 23.8 Å². The van der Waals surface area contributed by atoms with Gasteiger partial charge < -0.3 is 10.5 Å². The molecule has 0 aliphatic carbocycles. The smallest absolute Gasteiger partial charge is 0.151 e. The Morgan fingerprint density at radius 1 is 1.05 bits per heavy atom. The average Bonchev–Trinajstić information content (AvgIpc) is 2.42. The van der Waals surface area contributed by atoms with Gasteiger partial charge in [0.15, 0.2) is 9.84 Å². The van der Waals surface area contributed by atoms with Crippen molar-refractivity contribution in [2.24, 2.45) is 0 Å². The van der Waals surface area contributed by atoms with E-state index in [4.69, 9.17) is 10.5 Å². The van der Waals surface area contributed by atoms with E-state index in [2.05, 4.69) is 6.92 Å². The lowest BCUT2D eigenvalue weighted by molar-refractivity contribution is 0.302. The highest BCUT2D eigenvalue weighted by molar-refractivity contribution is 7.89. The summed E-state index contributed by atoms with van der Waals surface area (Å²) in [5, 5.41) is 0. The summed E-state index contributed by atoms with van der Waals surface area (Å²) in [6, 6.07) is 5.18. The molecule has 0 fully saturated rings. The van der Waals surface area contributed by atoms with E-state index in [1.807, 2.05) is 0 Å². The van der Waals surface area contributed by atoms with Crippen molar-refractivity contribution in [3.8, 4) is 5.75 Å². The first-order valence-corrected chi connectivity index (χ1v) is 10.2. The summed E-state index contributed by atoms with van der Waals surface area (Å²) in [4.78, 5) is 0. The lowest BCUT2D eigenvalue weighted by atomic mass is 10.1. The van der Waals surface area contributed by atoms with Gasteiger partial charge in [0, 0.05) is 17.5 Å². The third-order valence-corrected chi connectivity index (χ3v) is 4.34. The van der Waals surface area contributed by atoms with Crippen LogP contribution in [0.5, 0.6) is 5.75 Å². The molecule has 0 aromatic heterocycles. The Morgan fingerprint density at radius 2 is 1.68 bits per heavy atom. The number of unbranched alkanes of at least 4 members (excludes halogenated alkanes) is 6. The predicted molar refractivity (Wildman–Crippen MR) is 92.9 cm³/mol. The molecular weight excluding hydrogens is 298 g/mol. The molecule has 4 nitrogen and oxygen atoms in total. The van der Waals surface area contributed by atoms with Crippen LogP contribution in [-0.2, 0) is 15.6 Å². The summed E-state index contributed by atoms with van der Waals surface area (Å²) >= 11 is 0. The fourth-order valence-electron chi connectivity index (χ4n) is 2.38. The molecule has 0 amide bonds. The quantitative estimate of drug-likeness (QED) is 0.493. The SMILES string of the molecule is CCCCCCCCCOc1ccc(N)cc1CS(C)(=O)=O. The highest BCUT2D eigenvalue weighted by Crippen LogP contribution is 2.24. The van der Waals surface area contributed by atoms with E-state index < -0.39 is 9.84 Å². The van der Waals surface area contributed by atoms with E-state index in [0.29, 0.717) is 23.6 Å². The molecule has 0 spiro atoms. The molecule has 0 aliphatic rings. The lowest BCUT2D eigenvalue weighted by Gasteiger charge is -2.12. The molecule has 2 N–H and O–H groups in total. The Kier molecular flexibility index (Phi) is 8.31. The zero-order chi connectivity index (χ0) is 16.4. The van der Waals surface area contributed by atoms with E-state index in [1.165, 1.54) is 38.4 Å². The number of ether oxygens (including phenoxy) is 1. The van der Waals surface area contributed by atoms with Crippen LogP contribution < -0.4 is 10.5 Å². The van der Waals surface area contributed by atoms with Gasteiger partial charge in [-0.05, 0) is 24.6 Å². The predicted octanol–water partition coefficient (Wildman–Crippen LogP) is 3.94. The number of hydrogen-bond acceptors (Lipinski definition) is 4. The van der Waals surface area contributed by atoms with Gasteiger partial charge in [0.1, 0.15) is 5.75 Å². The zero-order valence-electron chi connectivity index (χ0n) is 13.8. The van der Waals surface area contributed by atoms with E-state index in [1.54, 1.807) is 18.2 Å². The van der Waals surface area contributed by atoms with Crippen LogP contribution in [0.15, 0.2) is 18.2 Å². The van der Waals surface area contributed by atoms with Crippen molar-refractivity contribution in [2.45, 2.75) is 57.6 Å². The van der Waals surface area contributed by atoms with Gasteiger partial charge in [0.05, 0.1) is 12.4 Å². The van der Waals surface area contributed by atoms with Crippen molar-refractivity contribution in [1.29, 1.82) is 0 Å². The highest BCUT2D eigenvalue weighted by Gasteiger charge is 2.11. The van der Waals surface area contributed by atoms with Crippen LogP contribution in [0.4, 0.5) is 5.69 Å².